The number of rotatable bonds is 3. The molecule has 0 amide bonds. The van der Waals surface area contributed by atoms with Crippen molar-refractivity contribution in [2.45, 2.75) is 25.9 Å². The van der Waals surface area contributed by atoms with Crippen molar-refractivity contribution in [3.8, 4) is 0 Å². The summed E-state index contributed by atoms with van der Waals surface area (Å²) in [5, 5.41) is 0. The monoisotopic (exact) mass is 284 g/mol. The maximum absolute atomic E-state index is 11.9. The molecule has 0 bridgehead atoms. The Kier molecular flexibility index (Phi) is 6.12. The van der Waals surface area contributed by atoms with E-state index < -0.39 is 0 Å². The van der Waals surface area contributed by atoms with Gasteiger partial charge in [0.2, 0.25) is 0 Å². The summed E-state index contributed by atoms with van der Waals surface area (Å²) in [6.07, 6.45) is 1.90. The number of nitrogens with zero attached hydrogens (tertiary/aromatic N) is 1. The van der Waals surface area contributed by atoms with Gasteiger partial charge in [0.25, 0.3) is 0 Å². The molecule has 0 saturated carbocycles. The smallest absolute Gasteiger partial charge is 1.00 e. The predicted molar refractivity (Wildman–Crippen MR) is 72.5 cm³/mol. The summed E-state index contributed by atoms with van der Waals surface area (Å²) in [7, 11) is 0. The van der Waals surface area contributed by atoms with Crippen molar-refractivity contribution in [3.63, 3.8) is 0 Å². The Labute approximate surface area is 121 Å². The number of ether oxygens (including phenoxy) is 1. The summed E-state index contributed by atoms with van der Waals surface area (Å²) in [6.45, 7) is 5.24. The SMILES string of the molecule is CCN1CCC(OC(=O)c2ccc(N)cc2)CC1.[Cl-].[H+]. The fourth-order valence-electron chi connectivity index (χ4n) is 2.18. The zero-order valence-electron chi connectivity index (χ0n) is 12.1. The van der Waals surface area contributed by atoms with E-state index in [1.807, 2.05) is 0 Å². The quantitative estimate of drug-likeness (QED) is 0.573. The second-order valence-electron chi connectivity index (χ2n) is 4.66. The molecule has 0 unspecified atom stereocenters. The van der Waals surface area contributed by atoms with Crippen molar-refractivity contribution < 1.29 is 23.4 Å². The van der Waals surface area contributed by atoms with Gasteiger partial charge in [0.15, 0.2) is 0 Å². The van der Waals surface area contributed by atoms with E-state index in [2.05, 4.69) is 11.8 Å². The molecule has 1 aliphatic heterocycles. The largest absolute Gasteiger partial charge is 1.00 e. The van der Waals surface area contributed by atoms with Gasteiger partial charge in [-0.05, 0) is 43.7 Å². The van der Waals surface area contributed by atoms with Crippen LogP contribution < -0.4 is 18.1 Å². The van der Waals surface area contributed by atoms with Crippen LogP contribution >= 0.6 is 0 Å². The van der Waals surface area contributed by atoms with E-state index in [0.29, 0.717) is 11.3 Å². The minimum Gasteiger partial charge on any atom is -1.00 e. The third-order valence-electron chi connectivity index (χ3n) is 3.40. The molecule has 2 rings (SSSR count). The third kappa shape index (κ3) is 4.40. The van der Waals surface area contributed by atoms with Gasteiger partial charge in [-0.25, -0.2) is 4.79 Å². The lowest BCUT2D eigenvalue weighted by atomic mass is 10.1. The second-order valence-corrected chi connectivity index (χ2v) is 4.66. The number of piperidine rings is 1. The van der Waals surface area contributed by atoms with Crippen LogP contribution in [0.2, 0.25) is 0 Å². The highest BCUT2D eigenvalue weighted by molar-refractivity contribution is 5.89. The molecule has 4 nitrogen and oxygen atoms in total. The maximum Gasteiger partial charge on any atom is 1.00 e. The Bertz CT molecular complexity index is 406. The molecule has 0 aliphatic carbocycles. The zero-order chi connectivity index (χ0) is 13.0. The fraction of sp³-hybridized carbons (Fsp3) is 0.500. The first kappa shape index (κ1) is 15.8. The molecule has 19 heavy (non-hydrogen) atoms. The fourth-order valence-corrected chi connectivity index (χ4v) is 2.18. The van der Waals surface area contributed by atoms with Crippen LogP contribution in [0.25, 0.3) is 0 Å². The van der Waals surface area contributed by atoms with Crippen LogP contribution in [0, 0.1) is 0 Å². The van der Waals surface area contributed by atoms with Crippen molar-refractivity contribution in [3.05, 3.63) is 29.8 Å². The van der Waals surface area contributed by atoms with Gasteiger partial charge in [-0.1, -0.05) is 6.92 Å². The third-order valence-corrected chi connectivity index (χ3v) is 3.40. The van der Waals surface area contributed by atoms with Gasteiger partial charge >= 0.3 is 7.40 Å². The molecule has 1 aliphatic rings. The van der Waals surface area contributed by atoms with Crippen LogP contribution in [0.1, 0.15) is 31.6 Å². The summed E-state index contributed by atoms with van der Waals surface area (Å²) in [5.74, 6) is -0.245. The van der Waals surface area contributed by atoms with E-state index >= 15 is 0 Å². The van der Waals surface area contributed by atoms with E-state index in [1.165, 1.54) is 0 Å². The highest BCUT2D eigenvalue weighted by atomic mass is 35.5. The van der Waals surface area contributed by atoms with E-state index in [0.717, 1.165) is 32.5 Å². The van der Waals surface area contributed by atoms with Crippen molar-refractivity contribution in [2.24, 2.45) is 0 Å². The highest BCUT2D eigenvalue weighted by Crippen LogP contribution is 2.16. The maximum atomic E-state index is 11.9. The van der Waals surface area contributed by atoms with E-state index in [4.69, 9.17) is 10.5 Å². The lowest BCUT2D eigenvalue weighted by Gasteiger charge is -2.30. The number of nitrogens with two attached hydrogens (primary N) is 1. The van der Waals surface area contributed by atoms with Crippen LogP contribution in [0.4, 0.5) is 5.69 Å². The molecule has 0 spiro atoms. The van der Waals surface area contributed by atoms with Crippen molar-refractivity contribution >= 4 is 11.7 Å². The second kappa shape index (κ2) is 7.36. The average molecular weight is 285 g/mol. The number of halogens is 1. The molecule has 0 aromatic heterocycles. The summed E-state index contributed by atoms with van der Waals surface area (Å²) >= 11 is 0. The lowest BCUT2D eigenvalue weighted by molar-refractivity contribution is -0.0000760. The lowest BCUT2D eigenvalue weighted by Crippen LogP contribution is -3.00. The Morgan fingerprint density at radius 3 is 2.47 bits per heavy atom. The number of esters is 1. The van der Waals surface area contributed by atoms with E-state index in [-0.39, 0.29) is 25.9 Å². The molecule has 1 aromatic rings. The molecule has 5 heteroatoms. The van der Waals surface area contributed by atoms with Crippen LogP contribution in [0.3, 0.4) is 0 Å². The Morgan fingerprint density at radius 2 is 1.95 bits per heavy atom. The highest BCUT2D eigenvalue weighted by Gasteiger charge is 2.21. The number of likely N-dealkylation sites (tertiary alicyclic amines) is 1. The first-order valence-corrected chi connectivity index (χ1v) is 6.48. The molecule has 2 N–H and O–H groups in total. The molecular formula is C14H21ClN2O2. The first-order valence-electron chi connectivity index (χ1n) is 6.48. The Morgan fingerprint density at radius 1 is 1.37 bits per heavy atom. The summed E-state index contributed by atoms with van der Waals surface area (Å²) in [4.78, 5) is 14.3. The number of hydrogen-bond donors (Lipinski definition) is 1. The van der Waals surface area contributed by atoms with Gasteiger partial charge in [0, 0.05) is 18.8 Å². The van der Waals surface area contributed by atoms with Gasteiger partial charge in [0.05, 0.1) is 5.56 Å². The van der Waals surface area contributed by atoms with Gasteiger partial charge in [-0.15, -0.1) is 0 Å². The number of carbonyl (C=O) groups is 1. The minimum atomic E-state index is -0.245. The normalized spacial score (nSPS) is 16.7. The van der Waals surface area contributed by atoms with Crippen molar-refractivity contribution in [1.82, 2.24) is 4.90 Å². The van der Waals surface area contributed by atoms with Crippen LogP contribution in [-0.4, -0.2) is 36.6 Å². The number of anilines is 1. The topological polar surface area (TPSA) is 55.6 Å². The molecule has 0 atom stereocenters. The van der Waals surface area contributed by atoms with Crippen LogP contribution in [0.5, 0.6) is 0 Å². The van der Waals surface area contributed by atoms with Gasteiger partial charge < -0.3 is 27.8 Å². The number of hydrogen-bond acceptors (Lipinski definition) is 4. The van der Waals surface area contributed by atoms with E-state index in [9.17, 15) is 4.79 Å². The number of nitrogen functional groups attached to an aromatic ring is 1. The number of carbonyl (C=O) groups excluding carboxylic acids is 1. The van der Waals surface area contributed by atoms with Gasteiger partial charge in [0.1, 0.15) is 6.10 Å². The first-order chi connectivity index (χ1) is 8.69. The summed E-state index contributed by atoms with van der Waals surface area (Å²) < 4.78 is 5.50. The van der Waals surface area contributed by atoms with Crippen LogP contribution in [0.15, 0.2) is 24.3 Å². The zero-order valence-corrected chi connectivity index (χ0v) is 11.9. The summed E-state index contributed by atoms with van der Waals surface area (Å²) in [5.41, 5.74) is 6.81. The molecule has 1 fully saturated rings. The molecule has 1 saturated heterocycles. The minimum absolute atomic E-state index is 0. The Balaban J connectivity index is 0.00000180. The molecule has 106 valence electrons. The number of benzene rings is 1. The average Bonchev–Trinajstić information content (AvgIpc) is 2.40. The van der Waals surface area contributed by atoms with E-state index in [1.54, 1.807) is 24.3 Å². The van der Waals surface area contributed by atoms with Crippen molar-refractivity contribution in [1.29, 1.82) is 0 Å². The Hall–Kier alpha value is -1.26. The molecule has 1 heterocycles. The van der Waals surface area contributed by atoms with Crippen LogP contribution in [-0.2, 0) is 4.74 Å². The van der Waals surface area contributed by atoms with Gasteiger partial charge in [-0.2, -0.15) is 0 Å². The molecule has 0 radical (unpaired) electrons. The molecule has 1 aromatic carbocycles. The summed E-state index contributed by atoms with van der Waals surface area (Å²) in [6, 6.07) is 6.85. The van der Waals surface area contributed by atoms with Gasteiger partial charge in [-0.3, -0.25) is 0 Å². The molecular weight excluding hydrogens is 264 g/mol. The van der Waals surface area contributed by atoms with Crippen molar-refractivity contribution in [2.75, 3.05) is 25.4 Å². The standard InChI is InChI=1S/C14H20N2O2.ClH/c1-2-16-9-7-13(8-10-16)18-14(17)11-3-5-12(15)6-4-11;/h3-6,13H,2,7-10,15H2,1H3;1H. The predicted octanol–water partition coefficient (Wildman–Crippen LogP) is -0.974.